The first-order chi connectivity index (χ1) is 22.8. The van der Waals surface area contributed by atoms with Crippen LogP contribution in [-0.4, -0.2) is 31.4 Å². The van der Waals surface area contributed by atoms with Crippen molar-refractivity contribution in [2.45, 2.75) is 126 Å². The molecule has 3 aromatic carbocycles. The Bertz CT molecular complexity index is 1750. The minimum absolute atomic E-state index is 0.185. The van der Waals surface area contributed by atoms with E-state index in [1.165, 1.54) is 83.5 Å². The standard InChI is InChI=1S/C43H52N2O2/c1-27(2)29-20-30(28(3)4)22-32(21-29)45-26-39(44-41(45)31-23-33(46-5)25-34(24-31)47-6)37-14-9-13-36-35-12-7-8-15-38(35)42-16-10-18-43(42,40(36)37)19-11-17-42/h7-9,12-15,20-22,26-28,31,33-34H,10-11,16-19,23-25H2,1-6H3/p+1. The summed E-state index contributed by atoms with van der Waals surface area (Å²) in [5.74, 6) is 2.49. The lowest BCUT2D eigenvalue weighted by molar-refractivity contribution is -0.605. The summed E-state index contributed by atoms with van der Waals surface area (Å²) in [6.45, 7) is 9.25. The lowest BCUT2D eigenvalue weighted by atomic mass is 9.54. The number of imidazole rings is 1. The molecule has 4 heteroatoms. The number of aromatic amines is 1. The van der Waals surface area contributed by atoms with Crippen molar-refractivity contribution in [2.75, 3.05) is 14.2 Å². The molecule has 0 spiro atoms. The van der Waals surface area contributed by atoms with E-state index < -0.39 is 0 Å². The minimum Gasteiger partial charge on any atom is -0.381 e. The Labute approximate surface area is 281 Å². The van der Waals surface area contributed by atoms with Crippen molar-refractivity contribution in [3.8, 4) is 28.1 Å². The highest BCUT2D eigenvalue weighted by atomic mass is 16.5. The van der Waals surface area contributed by atoms with Crippen LogP contribution in [0, 0.1) is 0 Å². The van der Waals surface area contributed by atoms with E-state index in [2.05, 4.69) is 104 Å². The predicted molar refractivity (Wildman–Crippen MR) is 191 cm³/mol. The molecule has 4 aromatic rings. The second-order valence-corrected chi connectivity index (χ2v) is 15.9. The van der Waals surface area contributed by atoms with Gasteiger partial charge in [0.2, 0.25) is 0 Å². The van der Waals surface area contributed by atoms with E-state index in [4.69, 9.17) is 9.47 Å². The zero-order valence-corrected chi connectivity index (χ0v) is 29.4. The maximum atomic E-state index is 6.01. The Morgan fingerprint density at radius 1 is 0.702 bits per heavy atom. The largest absolute Gasteiger partial charge is 0.381 e. The number of hydrogen-bond acceptors (Lipinski definition) is 2. The van der Waals surface area contributed by atoms with Crippen molar-refractivity contribution in [2.24, 2.45) is 0 Å². The molecule has 47 heavy (non-hydrogen) atoms. The molecule has 4 aliphatic carbocycles. The minimum atomic E-state index is 0.185. The van der Waals surface area contributed by atoms with E-state index >= 15 is 0 Å². The van der Waals surface area contributed by atoms with Crippen LogP contribution in [0.4, 0.5) is 0 Å². The second kappa shape index (κ2) is 11.7. The van der Waals surface area contributed by atoms with Crippen LogP contribution in [0.1, 0.15) is 131 Å². The smallest absolute Gasteiger partial charge is 0.263 e. The summed E-state index contributed by atoms with van der Waals surface area (Å²) in [7, 11) is 3.72. The fraction of sp³-hybridized carbons (Fsp3) is 0.512. The highest BCUT2D eigenvalue weighted by molar-refractivity contribution is 5.85. The summed E-state index contributed by atoms with van der Waals surface area (Å²) in [6.07, 6.45) is 13.6. The third-order valence-electron chi connectivity index (χ3n) is 12.9. The molecule has 246 valence electrons. The molecule has 2 atom stereocenters. The van der Waals surface area contributed by atoms with Gasteiger partial charge in [-0.05, 0) is 102 Å². The van der Waals surface area contributed by atoms with Gasteiger partial charge < -0.3 is 9.47 Å². The van der Waals surface area contributed by atoms with E-state index in [9.17, 15) is 0 Å². The quantitative estimate of drug-likeness (QED) is 0.207. The lowest BCUT2D eigenvalue weighted by Crippen LogP contribution is -2.44. The summed E-state index contributed by atoms with van der Waals surface area (Å²) in [5.41, 5.74) is 13.3. The number of nitrogens with zero attached hydrogens (tertiary/aromatic N) is 1. The summed E-state index contributed by atoms with van der Waals surface area (Å²) in [6, 6.07) is 23.8. The molecule has 4 aliphatic rings. The lowest BCUT2D eigenvalue weighted by Gasteiger charge is -2.48. The molecular weight excluding hydrogens is 576 g/mol. The summed E-state index contributed by atoms with van der Waals surface area (Å²) in [5, 5.41) is 0. The fourth-order valence-electron chi connectivity index (χ4n) is 10.6. The van der Waals surface area contributed by atoms with Gasteiger partial charge in [-0.2, -0.15) is 4.57 Å². The zero-order chi connectivity index (χ0) is 32.5. The molecule has 0 bridgehead atoms. The normalized spacial score (nSPS) is 28.0. The molecule has 1 N–H and O–H groups in total. The molecule has 0 aliphatic heterocycles. The number of benzene rings is 3. The summed E-state index contributed by atoms with van der Waals surface area (Å²) < 4.78 is 14.5. The maximum Gasteiger partial charge on any atom is 0.263 e. The van der Waals surface area contributed by atoms with Crippen LogP contribution in [0.5, 0.6) is 0 Å². The van der Waals surface area contributed by atoms with Crippen LogP contribution < -0.4 is 4.57 Å². The van der Waals surface area contributed by atoms with Gasteiger partial charge in [-0.1, -0.05) is 89.1 Å². The van der Waals surface area contributed by atoms with Crippen molar-refractivity contribution in [1.82, 2.24) is 4.98 Å². The Balaban J connectivity index is 1.36. The first kappa shape index (κ1) is 31.1. The van der Waals surface area contributed by atoms with Gasteiger partial charge in [-0.15, -0.1) is 0 Å². The van der Waals surface area contributed by atoms with Crippen LogP contribution >= 0.6 is 0 Å². The summed E-state index contributed by atoms with van der Waals surface area (Å²) >= 11 is 0. The molecule has 0 radical (unpaired) electrons. The first-order valence-corrected chi connectivity index (χ1v) is 18.4. The van der Waals surface area contributed by atoms with Gasteiger partial charge in [0.15, 0.2) is 5.69 Å². The number of nitrogens with one attached hydrogen (secondary N) is 1. The number of aromatic nitrogens is 2. The second-order valence-electron chi connectivity index (χ2n) is 15.9. The monoisotopic (exact) mass is 629 g/mol. The van der Waals surface area contributed by atoms with E-state index in [0.717, 1.165) is 19.3 Å². The number of methoxy groups -OCH3 is 2. The van der Waals surface area contributed by atoms with Crippen LogP contribution in [0.2, 0.25) is 0 Å². The van der Waals surface area contributed by atoms with Gasteiger partial charge >= 0.3 is 0 Å². The van der Waals surface area contributed by atoms with Gasteiger partial charge in [0.05, 0.1) is 18.1 Å². The molecule has 1 aromatic heterocycles. The van der Waals surface area contributed by atoms with Gasteiger partial charge in [0, 0.05) is 30.6 Å². The van der Waals surface area contributed by atoms with Crippen molar-refractivity contribution in [3.05, 3.63) is 94.9 Å². The first-order valence-electron chi connectivity index (χ1n) is 18.4. The molecule has 3 fully saturated rings. The van der Waals surface area contributed by atoms with E-state index in [0.29, 0.717) is 17.8 Å². The zero-order valence-electron chi connectivity index (χ0n) is 29.4. The van der Waals surface area contributed by atoms with Crippen molar-refractivity contribution in [3.63, 3.8) is 0 Å². The average molecular weight is 630 g/mol. The molecule has 3 saturated carbocycles. The highest BCUT2D eigenvalue weighted by Crippen LogP contribution is 2.70. The average Bonchev–Trinajstić information content (AvgIpc) is 3.81. The van der Waals surface area contributed by atoms with Gasteiger partial charge in [0.25, 0.3) is 5.82 Å². The Kier molecular flexibility index (Phi) is 7.76. The van der Waals surface area contributed by atoms with Gasteiger partial charge in [0.1, 0.15) is 11.9 Å². The molecule has 4 nitrogen and oxygen atoms in total. The van der Waals surface area contributed by atoms with Gasteiger partial charge in [-0.25, -0.2) is 4.98 Å². The van der Waals surface area contributed by atoms with Crippen molar-refractivity contribution >= 4 is 0 Å². The topological polar surface area (TPSA) is 38.1 Å². The Morgan fingerprint density at radius 3 is 1.94 bits per heavy atom. The van der Waals surface area contributed by atoms with Crippen LogP contribution in [0.25, 0.3) is 28.1 Å². The SMILES string of the molecule is COC1CC(OC)CC(c2[nH]c(-c3cccc4c3C35CCCC3(CCC5)c3ccccc3-4)c[n+]2-c2cc(C(C)C)cc(C(C)C)c2)C1. The number of rotatable bonds is 7. The predicted octanol–water partition coefficient (Wildman–Crippen LogP) is 10.0. The molecule has 0 saturated heterocycles. The molecule has 0 amide bonds. The van der Waals surface area contributed by atoms with Crippen molar-refractivity contribution < 1.29 is 14.0 Å². The highest BCUT2D eigenvalue weighted by Gasteiger charge is 2.63. The Morgan fingerprint density at radius 2 is 1.30 bits per heavy atom. The third-order valence-corrected chi connectivity index (χ3v) is 12.9. The van der Waals surface area contributed by atoms with E-state index in [1.807, 2.05) is 14.2 Å². The van der Waals surface area contributed by atoms with Crippen LogP contribution in [0.15, 0.2) is 66.9 Å². The van der Waals surface area contributed by atoms with E-state index in [1.54, 1.807) is 11.1 Å². The van der Waals surface area contributed by atoms with Gasteiger partial charge in [-0.3, -0.25) is 0 Å². The van der Waals surface area contributed by atoms with Crippen LogP contribution in [-0.2, 0) is 20.3 Å². The van der Waals surface area contributed by atoms with Crippen LogP contribution in [0.3, 0.4) is 0 Å². The number of hydrogen-bond donors (Lipinski definition) is 1. The third kappa shape index (κ3) is 4.72. The molecule has 1 heterocycles. The number of fused-ring (bicyclic) bond motifs is 3. The number of ether oxygens (including phenoxy) is 2. The molecule has 8 rings (SSSR count). The molecular formula is C43H53N2O2+. The summed E-state index contributed by atoms with van der Waals surface area (Å²) in [4.78, 5) is 4.13. The molecule has 2 unspecified atom stereocenters. The Hall–Kier alpha value is -3.21. The van der Waals surface area contributed by atoms with E-state index in [-0.39, 0.29) is 23.0 Å². The fourth-order valence-corrected chi connectivity index (χ4v) is 10.6. The maximum absolute atomic E-state index is 6.01. The number of H-pyrrole nitrogens is 1. The van der Waals surface area contributed by atoms with Crippen molar-refractivity contribution in [1.29, 1.82) is 0 Å².